The average Bonchev–Trinajstić information content (AvgIpc) is 2.16. The lowest BCUT2D eigenvalue weighted by atomic mass is 9.95. The molecule has 2 N–H and O–H groups in total. The van der Waals surface area contributed by atoms with Crippen LogP contribution >= 0.6 is 15.9 Å². The highest BCUT2D eigenvalue weighted by Crippen LogP contribution is 2.27. The highest BCUT2D eigenvalue weighted by Gasteiger charge is 2.27. The first-order valence-electron chi connectivity index (χ1n) is 5.11. The molecule has 1 aromatic rings. The summed E-state index contributed by atoms with van der Waals surface area (Å²) >= 11 is 3.34. The van der Waals surface area contributed by atoms with E-state index >= 15 is 0 Å². The summed E-state index contributed by atoms with van der Waals surface area (Å²) in [6, 6.07) is 5.82. The minimum Gasteiger partial charge on any atom is -0.251 e. The molecule has 1 aromatic heterocycles. The SMILES string of the molecule is C[C@H](CC(C)(C)S(N)=O)c1cccc(Br)n1. The molecular formula is C11H17BrN2OS. The molecule has 0 aliphatic heterocycles. The zero-order valence-electron chi connectivity index (χ0n) is 9.74. The average molecular weight is 305 g/mol. The molecule has 0 spiro atoms. The minimum absolute atomic E-state index is 0.236. The number of rotatable bonds is 4. The van der Waals surface area contributed by atoms with Crippen LogP contribution in [0.15, 0.2) is 22.8 Å². The Bertz CT molecular complexity index is 395. The van der Waals surface area contributed by atoms with Crippen LogP contribution in [-0.2, 0) is 11.0 Å². The molecule has 1 heterocycles. The van der Waals surface area contributed by atoms with E-state index in [0.717, 1.165) is 16.7 Å². The third-order valence-corrected chi connectivity index (χ3v) is 4.28. The van der Waals surface area contributed by atoms with Gasteiger partial charge in [0.2, 0.25) is 0 Å². The molecule has 0 aliphatic carbocycles. The molecule has 3 nitrogen and oxygen atoms in total. The molecule has 16 heavy (non-hydrogen) atoms. The minimum atomic E-state index is -1.32. The van der Waals surface area contributed by atoms with Crippen molar-refractivity contribution < 1.29 is 4.21 Å². The van der Waals surface area contributed by atoms with Crippen molar-refractivity contribution in [3.05, 3.63) is 28.5 Å². The summed E-state index contributed by atoms with van der Waals surface area (Å²) in [4.78, 5) is 4.39. The van der Waals surface area contributed by atoms with Crippen LogP contribution in [0.2, 0.25) is 0 Å². The van der Waals surface area contributed by atoms with Crippen molar-refractivity contribution in [2.24, 2.45) is 5.14 Å². The third kappa shape index (κ3) is 3.64. The fourth-order valence-electron chi connectivity index (χ4n) is 1.62. The van der Waals surface area contributed by atoms with E-state index in [1.54, 1.807) is 0 Å². The van der Waals surface area contributed by atoms with Crippen molar-refractivity contribution in [3.63, 3.8) is 0 Å². The number of nitrogens with zero attached hydrogens (tertiary/aromatic N) is 1. The maximum atomic E-state index is 11.4. The van der Waals surface area contributed by atoms with Gasteiger partial charge in [-0.2, -0.15) is 0 Å². The molecule has 1 unspecified atom stereocenters. The number of pyridine rings is 1. The van der Waals surface area contributed by atoms with E-state index in [2.05, 4.69) is 27.8 Å². The normalized spacial score (nSPS) is 15.8. The molecular weight excluding hydrogens is 288 g/mol. The van der Waals surface area contributed by atoms with Crippen LogP contribution in [0.25, 0.3) is 0 Å². The van der Waals surface area contributed by atoms with Crippen molar-refractivity contribution in [3.8, 4) is 0 Å². The second-order valence-electron chi connectivity index (χ2n) is 4.55. The number of hydrogen-bond donors (Lipinski definition) is 1. The predicted molar refractivity (Wildman–Crippen MR) is 71.4 cm³/mol. The quantitative estimate of drug-likeness (QED) is 0.870. The third-order valence-electron chi connectivity index (χ3n) is 2.58. The number of nitrogens with two attached hydrogens (primary N) is 1. The van der Waals surface area contributed by atoms with Gasteiger partial charge in [0, 0.05) is 5.69 Å². The van der Waals surface area contributed by atoms with E-state index in [1.165, 1.54) is 0 Å². The topological polar surface area (TPSA) is 56.0 Å². The Morgan fingerprint density at radius 1 is 1.56 bits per heavy atom. The van der Waals surface area contributed by atoms with Gasteiger partial charge in [-0.15, -0.1) is 0 Å². The maximum absolute atomic E-state index is 11.4. The van der Waals surface area contributed by atoms with E-state index in [1.807, 2.05) is 32.0 Å². The maximum Gasteiger partial charge on any atom is 0.106 e. The summed E-state index contributed by atoms with van der Waals surface area (Å²) in [5.41, 5.74) is 0.993. The molecule has 0 saturated carbocycles. The van der Waals surface area contributed by atoms with Gasteiger partial charge < -0.3 is 0 Å². The van der Waals surface area contributed by atoms with E-state index < -0.39 is 11.0 Å². The van der Waals surface area contributed by atoms with Crippen LogP contribution in [0.4, 0.5) is 0 Å². The van der Waals surface area contributed by atoms with Gasteiger partial charge >= 0.3 is 0 Å². The molecule has 0 saturated heterocycles. The molecule has 1 rings (SSSR count). The van der Waals surface area contributed by atoms with Crippen LogP contribution in [0.3, 0.4) is 0 Å². The molecule has 0 aliphatic rings. The monoisotopic (exact) mass is 304 g/mol. The Hall–Kier alpha value is -0.260. The van der Waals surface area contributed by atoms with E-state index in [-0.39, 0.29) is 10.7 Å². The number of hydrogen-bond acceptors (Lipinski definition) is 2. The van der Waals surface area contributed by atoms with E-state index in [4.69, 9.17) is 5.14 Å². The lowest BCUT2D eigenvalue weighted by Crippen LogP contribution is -2.33. The Balaban J connectivity index is 2.80. The van der Waals surface area contributed by atoms with Crippen LogP contribution in [0.5, 0.6) is 0 Å². The van der Waals surface area contributed by atoms with Crippen molar-refractivity contribution in [2.45, 2.75) is 37.9 Å². The van der Waals surface area contributed by atoms with Crippen molar-refractivity contribution in [1.82, 2.24) is 4.98 Å². The van der Waals surface area contributed by atoms with Gasteiger partial charge in [0.25, 0.3) is 0 Å². The highest BCUT2D eigenvalue weighted by atomic mass is 79.9. The second kappa shape index (κ2) is 5.38. The lowest BCUT2D eigenvalue weighted by Gasteiger charge is -2.24. The van der Waals surface area contributed by atoms with E-state index in [9.17, 15) is 4.21 Å². The molecule has 5 heteroatoms. The zero-order valence-corrected chi connectivity index (χ0v) is 12.1. The summed E-state index contributed by atoms with van der Waals surface area (Å²) in [6.45, 7) is 5.90. The van der Waals surface area contributed by atoms with E-state index in [0.29, 0.717) is 0 Å². The van der Waals surface area contributed by atoms with Crippen LogP contribution in [-0.4, -0.2) is 13.9 Å². The van der Waals surface area contributed by atoms with Gasteiger partial charge in [0.15, 0.2) is 0 Å². The standard InChI is InChI=1S/C11H17BrN2OS/c1-8(7-11(2,3)16(13)15)9-5-4-6-10(12)14-9/h4-6,8H,7,13H2,1-3H3/t8-,16?/m1/s1. The Morgan fingerprint density at radius 3 is 2.69 bits per heavy atom. The van der Waals surface area contributed by atoms with Gasteiger partial charge in [-0.1, -0.05) is 13.0 Å². The summed E-state index contributed by atoms with van der Waals surface area (Å²) < 4.78 is 11.8. The number of aromatic nitrogens is 1. The van der Waals surface area contributed by atoms with Crippen molar-refractivity contribution in [1.29, 1.82) is 0 Å². The summed E-state index contributed by atoms with van der Waals surface area (Å²) in [5, 5.41) is 5.47. The van der Waals surface area contributed by atoms with Gasteiger partial charge in [-0.3, -0.25) is 5.14 Å². The van der Waals surface area contributed by atoms with Crippen molar-refractivity contribution in [2.75, 3.05) is 0 Å². The molecule has 0 amide bonds. The van der Waals surface area contributed by atoms with Crippen LogP contribution < -0.4 is 5.14 Å². The second-order valence-corrected chi connectivity index (χ2v) is 7.06. The Morgan fingerprint density at radius 2 is 2.19 bits per heavy atom. The Labute approximate surface area is 108 Å². The lowest BCUT2D eigenvalue weighted by molar-refractivity contribution is 0.533. The summed E-state index contributed by atoms with van der Waals surface area (Å²) in [6.07, 6.45) is 0.750. The van der Waals surface area contributed by atoms with Crippen LogP contribution in [0.1, 0.15) is 38.8 Å². The molecule has 0 aromatic carbocycles. The zero-order chi connectivity index (χ0) is 12.3. The summed E-state index contributed by atoms with van der Waals surface area (Å²) in [7, 11) is -1.32. The number of halogens is 1. The molecule has 2 atom stereocenters. The van der Waals surface area contributed by atoms with Gasteiger partial charge in [-0.25, -0.2) is 9.19 Å². The fraction of sp³-hybridized carbons (Fsp3) is 0.545. The molecule has 0 fully saturated rings. The van der Waals surface area contributed by atoms with Gasteiger partial charge in [0.05, 0.1) is 15.7 Å². The van der Waals surface area contributed by atoms with Gasteiger partial charge in [-0.05, 0) is 54.2 Å². The van der Waals surface area contributed by atoms with Crippen molar-refractivity contribution >= 4 is 26.9 Å². The first-order valence-corrected chi connectivity index (χ1v) is 7.12. The predicted octanol–water partition coefficient (Wildman–Crippen LogP) is 2.74. The molecule has 90 valence electrons. The smallest absolute Gasteiger partial charge is 0.106 e. The molecule has 0 radical (unpaired) electrons. The highest BCUT2D eigenvalue weighted by molar-refractivity contribution is 9.10. The fourth-order valence-corrected chi connectivity index (χ4v) is 2.39. The first kappa shape index (κ1) is 13.8. The molecule has 0 bridgehead atoms. The largest absolute Gasteiger partial charge is 0.251 e. The van der Waals surface area contributed by atoms with Gasteiger partial charge in [0.1, 0.15) is 4.60 Å². The first-order chi connectivity index (χ1) is 7.33. The Kier molecular flexibility index (Phi) is 4.64. The summed E-state index contributed by atoms with van der Waals surface area (Å²) in [5.74, 6) is 0.236. The van der Waals surface area contributed by atoms with Crippen LogP contribution in [0, 0.1) is 0 Å².